The Morgan fingerprint density at radius 1 is 1.71 bits per heavy atom. The lowest BCUT2D eigenvalue weighted by Gasteiger charge is -2.38. The zero-order valence-electron chi connectivity index (χ0n) is 10.2. The van der Waals surface area contributed by atoms with Gasteiger partial charge in [0, 0.05) is 23.5 Å². The molecule has 3 atom stereocenters. The van der Waals surface area contributed by atoms with Crippen molar-refractivity contribution in [3.63, 3.8) is 0 Å². The van der Waals surface area contributed by atoms with Gasteiger partial charge in [-0.15, -0.1) is 11.6 Å². The summed E-state index contributed by atoms with van der Waals surface area (Å²) in [4.78, 5) is 11.4. The van der Waals surface area contributed by atoms with E-state index in [1.54, 1.807) is 0 Å². The molecule has 0 bridgehead atoms. The van der Waals surface area contributed by atoms with Gasteiger partial charge in [-0.1, -0.05) is 51.8 Å². The second kappa shape index (κ2) is 6.07. The molecule has 0 fully saturated rings. The summed E-state index contributed by atoms with van der Waals surface area (Å²) in [6.07, 6.45) is 2.67. The maximum absolute atomic E-state index is 11.1. The summed E-state index contributed by atoms with van der Waals surface area (Å²) < 4.78 is 5.35. The van der Waals surface area contributed by atoms with E-state index in [1.807, 2.05) is 0 Å². The molecule has 5 heteroatoms. The smallest absolute Gasteiger partial charge is 0.303 e. The number of alkyl halides is 3. The van der Waals surface area contributed by atoms with E-state index in [-0.39, 0.29) is 27.7 Å². The zero-order valence-corrected chi connectivity index (χ0v) is 14.1. The lowest BCUT2D eigenvalue weighted by Crippen LogP contribution is -2.38. The predicted octanol–water partition coefficient (Wildman–Crippen LogP) is 4.04. The van der Waals surface area contributed by atoms with E-state index in [9.17, 15) is 4.79 Å². The van der Waals surface area contributed by atoms with Crippen LogP contribution in [0.5, 0.6) is 0 Å². The average molecular weight is 389 g/mol. The Labute approximate surface area is 124 Å². The van der Waals surface area contributed by atoms with Crippen molar-refractivity contribution in [3.05, 3.63) is 11.6 Å². The first-order valence-electron chi connectivity index (χ1n) is 5.52. The van der Waals surface area contributed by atoms with Crippen LogP contribution < -0.4 is 0 Å². The molecule has 0 aromatic carbocycles. The molecule has 2 nitrogen and oxygen atoms in total. The van der Waals surface area contributed by atoms with Gasteiger partial charge in [-0.25, -0.2) is 0 Å². The Bertz CT molecular complexity index is 328. The van der Waals surface area contributed by atoms with Gasteiger partial charge in [-0.05, 0) is 11.0 Å². The molecule has 0 saturated carbocycles. The fraction of sp³-hybridized carbons (Fsp3) is 0.750. The quantitative estimate of drug-likeness (QED) is 0.414. The van der Waals surface area contributed by atoms with E-state index in [0.717, 1.165) is 12.0 Å². The molecule has 1 aliphatic carbocycles. The lowest BCUT2D eigenvalue weighted by molar-refractivity contribution is -0.145. The lowest BCUT2D eigenvalue weighted by atomic mass is 9.77. The molecule has 98 valence electrons. The van der Waals surface area contributed by atoms with E-state index >= 15 is 0 Å². The minimum atomic E-state index is -0.265. The zero-order chi connectivity index (χ0) is 13.2. The number of ether oxygens (including phenoxy) is 1. The van der Waals surface area contributed by atoms with Crippen molar-refractivity contribution < 1.29 is 9.53 Å². The van der Waals surface area contributed by atoms with E-state index in [0.29, 0.717) is 5.33 Å². The van der Waals surface area contributed by atoms with E-state index < -0.39 is 0 Å². The fourth-order valence-corrected chi connectivity index (χ4v) is 2.99. The van der Waals surface area contributed by atoms with Crippen molar-refractivity contribution in [2.75, 3.05) is 5.33 Å². The highest BCUT2D eigenvalue weighted by molar-refractivity contribution is 9.09. The van der Waals surface area contributed by atoms with Gasteiger partial charge in [0.05, 0.1) is 5.38 Å². The Kier molecular flexibility index (Phi) is 5.54. The molecule has 1 rings (SSSR count). The third kappa shape index (κ3) is 3.97. The number of carbonyl (C=O) groups excluding carboxylic acids is 1. The summed E-state index contributed by atoms with van der Waals surface area (Å²) in [5.41, 5.74) is 1.01. The van der Waals surface area contributed by atoms with Gasteiger partial charge >= 0.3 is 5.97 Å². The highest BCUT2D eigenvalue weighted by Crippen LogP contribution is 2.41. The van der Waals surface area contributed by atoms with E-state index in [2.05, 4.69) is 51.8 Å². The first-order chi connectivity index (χ1) is 7.77. The maximum atomic E-state index is 11.1. The number of hydrogen-bond acceptors (Lipinski definition) is 2. The number of esters is 1. The molecule has 0 heterocycles. The molecule has 0 aromatic heterocycles. The summed E-state index contributed by atoms with van der Waals surface area (Å²) in [7, 11) is 0. The third-order valence-corrected chi connectivity index (χ3v) is 5.92. The summed E-state index contributed by atoms with van der Waals surface area (Å²) >= 11 is 13.3. The van der Waals surface area contributed by atoms with Crippen LogP contribution in [0.2, 0.25) is 0 Å². The molecular formula is C12H17Br2ClO2. The normalized spacial score (nSPS) is 29.4. The number of hydrogen-bond donors (Lipinski definition) is 0. The van der Waals surface area contributed by atoms with E-state index in [1.165, 1.54) is 6.92 Å². The fourth-order valence-electron chi connectivity index (χ4n) is 1.94. The van der Waals surface area contributed by atoms with Gasteiger partial charge in [-0.3, -0.25) is 4.79 Å². The second-order valence-corrected chi connectivity index (χ2v) is 7.17. The van der Waals surface area contributed by atoms with Gasteiger partial charge < -0.3 is 4.74 Å². The third-order valence-electron chi connectivity index (χ3n) is 2.94. The van der Waals surface area contributed by atoms with Crippen LogP contribution in [0, 0.1) is 5.41 Å². The molecule has 1 unspecified atom stereocenters. The van der Waals surface area contributed by atoms with Crippen molar-refractivity contribution in [1.82, 2.24) is 0 Å². The highest BCUT2D eigenvalue weighted by Gasteiger charge is 2.38. The summed E-state index contributed by atoms with van der Waals surface area (Å²) in [5.74, 6) is -0.265. The van der Waals surface area contributed by atoms with Gasteiger partial charge in [-0.2, -0.15) is 0 Å². The molecule has 0 aliphatic heterocycles. The minimum absolute atomic E-state index is 0.0152. The first-order valence-corrected chi connectivity index (χ1v) is 7.99. The van der Waals surface area contributed by atoms with Crippen LogP contribution in [0.4, 0.5) is 0 Å². The predicted molar refractivity (Wildman–Crippen MR) is 78.2 cm³/mol. The molecule has 17 heavy (non-hydrogen) atoms. The van der Waals surface area contributed by atoms with Crippen molar-refractivity contribution in [3.8, 4) is 0 Å². The van der Waals surface area contributed by atoms with Crippen LogP contribution in [-0.4, -0.2) is 27.6 Å². The van der Waals surface area contributed by atoms with Gasteiger partial charge in [0.15, 0.2) is 0 Å². The summed E-state index contributed by atoms with van der Waals surface area (Å²) in [6, 6.07) is 0. The van der Waals surface area contributed by atoms with Gasteiger partial charge in [0.1, 0.15) is 6.10 Å². The number of carbonyl (C=O) groups is 1. The molecule has 0 N–H and O–H groups in total. The largest absolute Gasteiger partial charge is 0.458 e. The number of rotatable bonds is 3. The van der Waals surface area contributed by atoms with Gasteiger partial charge in [0.2, 0.25) is 0 Å². The van der Waals surface area contributed by atoms with Crippen LogP contribution >= 0.6 is 43.5 Å². The number of allylic oxidation sites excluding steroid dienone is 1. The number of halogens is 3. The molecular weight excluding hydrogens is 371 g/mol. The summed E-state index contributed by atoms with van der Waals surface area (Å²) in [6.45, 7) is 5.72. The molecule has 1 aliphatic rings. The Morgan fingerprint density at radius 2 is 2.29 bits per heavy atom. The molecule has 0 radical (unpaired) electrons. The standard InChI is InChI=1S/C12H17Br2ClO2/c1-7(16)17-10-4-11(14)12(2,3)5-8(10)9(15)6-13/h5,9-11H,4,6H2,1-3H3/t9?,10-,11+/m1/s1. The van der Waals surface area contributed by atoms with Crippen molar-refractivity contribution in [2.45, 2.75) is 43.5 Å². The Morgan fingerprint density at radius 3 is 2.76 bits per heavy atom. The maximum Gasteiger partial charge on any atom is 0.303 e. The van der Waals surface area contributed by atoms with Crippen LogP contribution in [0.15, 0.2) is 11.6 Å². The van der Waals surface area contributed by atoms with Crippen LogP contribution in [0.25, 0.3) is 0 Å². The first kappa shape index (κ1) is 15.5. The Hall–Kier alpha value is 0.460. The van der Waals surface area contributed by atoms with Crippen LogP contribution in [-0.2, 0) is 9.53 Å². The highest BCUT2D eigenvalue weighted by atomic mass is 79.9. The van der Waals surface area contributed by atoms with Crippen molar-refractivity contribution in [1.29, 1.82) is 0 Å². The molecule has 0 amide bonds. The average Bonchev–Trinajstić information content (AvgIpc) is 2.21. The summed E-state index contributed by atoms with van der Waals surface area (Å²) in [5, 5.41) is 0.514. The van der Waals surface area contributed by atoms with Crippen LogP contribution in [0.3, 0.4) is 0 Å². The monoisotopic (exact) mass is 386 g/mol. The van der Waals surface area contributed by atoms with Crippen molar-refractivity contribution >= 4 is 49.4 Å². The Balaban J connectivity index is 3.00. The molecule has 0 saturated heterocycles. The van der Waals surface area contributed by atoms with E-state index in [4.69, 9.17) is 16.3 Å². The molecule has 0 aromatic rings. The van der Waals surface area contributed by atoms with Crippen molar-refractivity contribution in [2.24, 2.45) is 5.41 Å². The SMILES string of the molecule is CC(=O)O[C@@H]1C[C@H](Br)C(C)(C)C=C1C(Cl)CBr. The second-order valence-electron chi connectivity index (χ2n) is 4.89. The topological polar surface area (TPSA) is 26.3 Å². The minimum Gasteiger partial charge on any atom is -0.458 e. The van der Waals surface area contributed by atoms with Gasteiger partial charge in [0.25, 0.3) is 0 Å². The molecule has 0 spiro atoms. The van der Waals surface area contributed by atoms with Crippen LogP contribution in [0.1, 0.15) is 27.2 Å².